The lowest BCUT2D eigenvalue weighted by Crippen LogP contribution is -2.54. The lowest BCUT2D eigenvalue weighted by molar-refractivity contribution is -0.150. The summed E-state index contributed by atoms with van der Waals surface area (Å²) < 4.78 is 22.1. The van der Waals surface area contributed by atoms with Gasteiger partial charge >= 0.3 is 18.2 Å². The molecule has 2 aliphatic heterocycles. The highest BCUT2D eigenvalue weighted by molar-refractivity contribution is 5.78. The van der Waals surface area contributed by atoms with Crippen LogP contribution in [-0.4, -0.2) is 81.0 Å². The molecule has 1 N–H and O–H groups in total. The smallest absolute Gasteiger partial charge is 0.413 e. The van der Waals surface area contributed by atoms with Crippen LogP contribution in [0.4, 0.5) is 9.59 Å². The van der Waals surface area contributed by atoms with Crippen LogP contribution in [0.15, 0.2) is 0 Å². The largest absolute Gasteiger partial charge is 0.479 e. The maximum Gasteiger partial charge on any atom is 0.413 e. The number of nitrogens with zero attached hydrogens (tertiary/aromatic N) is 2. The topological polar surface area (TPSA) is 115 Å². The fourth-order valence-corrected chi connectivity index (χ4v) is 4.30. The van der Waals surface area contributed by atoms with Crippen LogP contribution >= 0.6 is 0 Å². The molecule has 2 amide bonds. The number of carboxylic acids is 1. The maximum atomic E-state index is 12.8. The van der Waals surface area contributed by atoms with E-state index in [1.54, 1.807) is 34.6 Å². The Hall–Kier alpha value is -2.07. The molecule has 10 heteroatoms. The average molecular weight is 445 g/mol. The Balaban J connectivity index is 2.06. The predicted octanol–water partition coefficient (Wildman–Crippen LogP) is 3.19. The van der Waals surface area contributed by atoms with E-state index in [1.165, 1.54) is 9.80 Å². The number of aliphatic carboxylic acids is 1. The van der Waals surface area contributed by atoms with E-state index in [0.29, 0.717) is 13.2 Å². The fraction of sp³-hybridized carbons (Fsp3) is 0.857. The summed E-state index contributed by atoms with van der Waals surface area (Å²) in [4.78, 5) is 40.2. The van der Waals surface area contributed by atoms with Gasteiger partial charge in [0, 0.05) is 6.42 Å². The van der Waals surface area contributed by atoms with Crippen LogP contribution in [0.2, 0.25) is 0 Å². The Bertz CT molecular complexity index is 699. The molecule has 0 radical (unpaired) electrons. The van der Waals surface area contributed by atoms with Crippen LogP contribution in [0, 0.1) is 0 Å². The van der Waals surface area contributed by atoms with Gasteiger partial charge in [-0.25, -0.2) is 14.4 Å². The number of carbonyl (C=O) groups is 3. The van der Waals surface area contributed by atoms with E-state index in [1.807, 2.05) is 27.7 Å². The highest BCUT2D eigenvalue weighted by atomic mass is 16.6. The van der Waals surface area contributed by atoms with Crippen molar-refractivity contribution in [2.24, 2.45) is 0 Å². The van der Waals surface area contributed by atoms with E-state index in [2.05, 4.69) is 0 Å². The second kappa shape index (κ2) is 8.12. The van der Waals surface area contributed by atoms with Gasteiger partial charge < -0.3 is 24.1 Å². The highest BCUT2D eigenvalue weighted by Crippen LogP contribution is 2.36. The lowest BCUT2D eigenvalue weighted by atomic mass is 10.0. The van der Waals surface area contributed by atoms with Gasteiger partial charge in [0.1, 0.15) is 17.6 Å². The first-order valence-electron chi connectivity index (χ1n) is 10.4. The van der Waals surface area contributed by atoms with Crippen LogP contribution in [0.1, 0.15) is 68.7 Å². The molecular weight excluding hydrogens is 408 g/mol. The van der Waals surface area contributed by atoms with Crippen molar-refractivity contribution in [2.75, 3.05) is 13.2 Å². The van der Waals surface area contributed by atoms with Crippen LogP contribution < -0.4 is 0 Å². The molecule has 2 atom stereocenters. The van der Waals surface area contributed by atoms with Crippen molar-refractivity contribution in [3.05, 3.63) is 0 Å². The monoisotopic (exact) mass is 444 g/mol. The van der Waals surface area contributed by atoms with Gasteiger partial charge in [-0.1, -0.05) is 0 Å². The van der Waals surface area contributed by atoms with Gasteiger partial charge in [0.15, 0.2) is 0 Å². The number of amides is 2. The molecule has 0 aromatic rings. The average Bonchev–Trinajstić information content (AvgIpc) is 2.93. The molecule has 0 unspecified atom stereocenters. The Kier molecular flexibility index (Phi) is 6.60. The van der Waals surface area contributed by atoms with E-state index in [0.717, 1.165) is 0 Å². The predicted molar refractivity (Wildman–Crippen MR) is 110 cm³/mol. The van der Waals surface area contributed by atoms with Crippen LogP contribution in [-0.2, 0) is 23.7 Å². The summed E-state index contributed by atoms with van der Waals surface area (Å²) in [7, 11) is 0. The van der Waals surface area contributed by atoms with Crippen molar-refractivity contribution in [3.63, 3.8) is 0 Å². The first kappa shape index (κ1) is 25.2. The van der Waals surface area contributed by atoms with E-state index in [9.17, 15) is 19.5 Å². The van der Waals surface area contributed by atoms with Gasteiger partial charge in [-0.15, -0.1) is 0 Å². The first-order valence-corrected chi connectivity index (χ1v) is 10.4. The minimum absolute atomic E-state index is 0.197. The quantitative estimate of drug-likeness (QED) is 0.687. The molecule has 31 heavy (non-hydrogen) atoms. The Labute approximate surface area is 183 Å². The SMILES string of the molecule is C[C@@H](C[C@@H](OC(=O)N1C(C)(C)COC1(C)C)C(=O)O)OC(=O)N1C(C)(C)COC1(C)C. The summed E-state index contributed by atoms with van der Waals surface area (Å²) in [5.74, 6) is -1.32. The van der Waals surface area contributed by atoms with Crippen LogP contribution in [0.3, 0.4) is 0 Å². The Morgan fingerprint density at radius 2 is 1.23 bits per heavy atom. The molecule has 0 aromatic heterocycles. The van der Waals surface area contributed by atoms with Crippen molar-refractivity contribution in [2.45, 2.75) is 103 Å². The number of hydrogen-bond donors (Lipinski definition) is 1. The third-order valence-corrected chi connectivity index (χ3v) is 5.58. The Morgan fingerprint density at radius 1 is 0.839 bits per heavy atom. The third-order valence-electron chi connectivity index (χ3n) is 5.58. The highest BCUT2D eigenvalue weighted by Gasteiger charge is 2.51. The molecule has 10 nitrogen and oxygen atoms in total. The van der Waals surface area contributed by atoms with Crippen molar-refractivity contribution >= 4 is 18.2 Å². The fourth-order valence-electron chi connectivity index (χ4n) is 4.30. The zero-order valence-corrected chi connectivity index (χ0v) is 20.0. The number of carboxylic acid groups (broad SMARTS) is 1. The lowest BCUT2D eigenvalue weighted by Gasteiger charge is -2.38. The molecule has 0 spiro atoms. The van der Waals surface area contributed by atoms with Gasteiger partial charge in [-0.05, 0) is 62.3 Å². The summed E-state index contributed by atoms with van der Waals surface area (Å²) in [6, 6.07) is 0. The van der Waals surface area contributed by atoms with Gasteiger partial charge in [-0.2, -0.15) is 0 Å². The van der Waals surface area contributed by atoms with E-state index in [-0.39, 0.29) is 6.42 Å². The number of hydrogen-bond acceptors (Lipinski definition) is 7. The molecule has 2 aliphatic rings. The Morgan fingerprint density at radius 3 is 1.55 bits per heavy atom. The maximum absolute atomic E-state index is 12.8. The number of ether oxygens (including phenoxy) is 4. The molecule has 2 rings (SSSR count). The van der Waals surface area contributed by atoms with Crippen LogP contribution in [0.5, 0.6) is 0 Å². The zero-order valence-electron chi connectivity index (χ0n) is 20.0. The van der Waals surface area contributed by atoms with Crippen molar-refractivity contribution in [1.29, 1.82) is 0 Å². The molecule has 0 aliphatic carbocycles. The van der Waals surface area contributed by atoms with Gasteiger partial charge in [0.25, 0.3) is 0 Å². The molecule has 0 saturated carbocycles. The second-order valence-electron chi connectivity index (χ2n) is 10.4. The summed E-state index contributed by atoms with van der Waals surface area (Å²) in [5, 5.41) is 9.59. The first-order chi connectivity index (χ1) is 13.9. The summed E-state index contributed by atoms with van der Waals surface area (Å²) in [6.45, 7) is 16.5. The second-order valence-corrected chi connectivity index (χ2v) is 10.4. The zero-order chi connectivity index (χ0) is 24.0. The molecule has 0 aromatic carbocycles. The summed E-state index contributed by atoms with van der Waals surface area (Å²) >= 11 is 0. The molecule has 2 heterocycles. The van der Waals surface area contributed by atoms with Crippen molar-refractivity contribution < 1.29 is 38.4 Å². The molecular formula is C21H36N2O8. The standard InChI is InChI=1S/C21H36N2O8/c1-13(30-16(26)22-18(2,3)11-28-20(22,6)7)10-14(15(24)25)31-17(27)23-19(4,5)12-29-21(23,8)9/h13-14H,10-12H2,1-9H3,(H,24,25)/t13-,14+/m0/s1. The number of rotatable bonds is 5. The van der Waals surface area contributed by atoms with Crippen molar-refractivity contribution in [1.82, 2.24) is 9.80 Å². The van der Waals surface area contributed by atoms with Crippen LogP contribution in [0.25, 0.3) is 0 Å². The van der Waals surface area contributed by atoms with Crippen molar-refractivity contribution in [3.8, 4) is 0 Å². The third kappa shape index (κ3) is 5.23. The van der Waals surface area contributed by atoms with E-state index >= 15 is 0 Å². The minimum atomic E-state index is -1.49. The molecule has 178 valence electrons. The summed E-state index contributed by atoms with van der Waals surface area (Å²) in [5.41, 5.74) is -3.03. The number of carbonyl (C=O) groups excluding carboxylic acids is 2. The normalized spacial score (nSPS) is 25.1. The molecule has 2 saturated heterocycles. The molecule has 2 fully saturated rings. The van der Waals surface area contributed by atoms with E-state index < -0.39 is 52.9 Å². The minimum Gasteiger partial charge on any atom is -0.479 e. The van der Waals surface area contributed by atoms with E-state index in [4.69, 9.17) is 18.9 Å². The summed E-state index contributed by atoms with van der Waals surface area (Å²) in [6.07, 6.45) is -3.92. The van der Waals surface area contributed by atoms with Gasteiger partial charge in [0.05, 0.1) is 24.3 Å². The molecule has 0 bridgehead atoms. The van der Waals surface area contributed by atoms with Gasteiger partial charge in [0.2, 0.25) is 6.10 Å². The van der Waals surface area contributed by atoms with Gasteiger partial charge in [-0.3, -0.25) is 9.80 Å².